The molecule has 0 spiro atoms. The van der Waals surface area contributed by atoms with E-state index in [0.29, 0.717) is 0 Å². The summed E-state index contributed by atoms with van der Waals surface area (Å²) in [6.45, 7) is 10.7. The average molecular weight is 289 g/mol. The zero-order valence-electron chi connectivity index (χ0n) is 13.2. The van der Waals surface area contributed by atoms with Gasteiger partial charge in [0.25, 0.3) is 0 Å². The molecule has 0 radical (unpaired) electrons. The van der Waals surface area contributed by atoms with Gasteiger partial charge in [-0.25, -0.2) is 4.79 Å². The third-order valence-electron chi connectivity index (χ3n) is 3.37. The molecule has 1 aliphatic rings. The van der Waals surface area contributed by atoms with Crippen molar-refractivity contribution in [3.8, 4) is 0 Å². The first-order valence-electron chi connectivity index (χ1n) is 6.95. The van der Waals surface area contributed by atoms with Crippen LogP contribution in [0, 0.1) is 5.92 Å². The first-order chi connectivity index (χ1) is 8.99. The smallest absolute Gasteiger partial charge is 0.412 e. The fourth-order valence-corrected chi connectivity index (χ4v) is 2.24. The predicted molar refractivity (Wildman–Crippen MR) is 74.1 cm³/mol. The van der Waals surface area contributed by atoms with E-state index in [1.165, 1.54) is 4.90 Å². The van der Waals surface area contributed by atoms with E-state index >= 15 is 0 Å². The Labute approximate surface area is 120 Å². The second-order valence-electron chi connectivity index (χ2n) is 6.83. The van der Waals surface area contributed by atoms with Crippen molar-refractivity contribution in [1.82, 2.24) is 4.90 Å². The number of rotatable bonds is 3. The largest absolute Gasteiger partial charge is 0.444 e. The summed E-state index contributed by atoms with van der Waals surface area (Å²) in [4.78, 5) is 13.8. The van der Waals surface area contributed by atoms with E-state index in [-0.39, 0.29) is 19.1 Å². The van der Waals surface area contributed by atoms with Gasteiger partial charge >= 0.3 is 6.09 Å². The Balaban J connectivity index is 2.93. The number of aliphatic hydroxyl groups is 2. The second-order valence-corrected chi connectivity index (χ2v) is 6.83. The Morgan fingerprint density at radius 1 is 1.50 bits per heavy atom. The molecule has 1 rings (SSSR count). The molecule has 0 aromatic carbocycles. The molecular weight excluding hydrogens is 262 g/mol. The van der Waals surface area contributed by atoms with Crippen molar-refractivity contribution in [2.24, 2.45) is 5.92 Å². The number of carbonyl (C=O) groups is 1. The SMILES string of the molecule is C[C@@H](CO)[C@H](O)[C@H]1COC(C)(C)N1C(=O)OC(C)(C)C. The van der Waals surface area contributed by atoms with Gasteiger partial charge in [-0.3, -0.25) is 4.90 Å². The van der Waals surface area contributed by atoms with E-state index in [0.717, 1.165) is 0 Å². The average Bonchev–Trinajstić information content (AvgIpc) is 2.60. The third kappa shape index (κ3) is 3.84. The summed E-state index contributed by atoms with van der Waals surface area (Å²) >= 11 is 0. The summed E-state index contributed by atoms with van der Waals surface area (Å²) in [6, 6.07) is -0.526. The fraction of sp³-hybridized carbons (Fsp3) is 0.929. The van der Waals surface area contributed by atoms with Crippen LogP contribution in [0.25, 0.3) is 0 Å². The quantitative estimate of drug-likeness (QED) is 0.820. The topological polar surface area (TPSA) is 79.2 Å². The maximum absolute atomic E-state index is 12.4. The van der Waals surface area contributed by atoms with Crippen LogP contribution in [0.15, 0.2) is 0 Å². The first-order valence-corrected chi connectivity index (χ1v) is 6.95. The normalized spacial score (nSPS) is 25.4. The molecule has 0 bridgehead atoms. The van der Waals surface area contributed by atoms with E-state index in [4.69, 9.17) is 9.47 Å². The van der Waals surface area contributed by atoms with Crippen LogP contribution in [0.3, 0.4) is 0 Å². The molecule has 1 saturated heterocycles. The van der Waals surface area contributed by atoms with Gasteiger partial charge in [-0.2, -0.15) is 0 Å². The van der Waals surface area contributed by atoms with Gasteiger partial charge in [0.1, 0.15) is 11.3 Å². The molecule has 1 amide bonds. The monoisotopic (exact) mass is 289 g/mol. The molecule has 1 fully saturated rings. The molecule has 0 aromatic heterocycles. The van der Waals surface area contributed by atoms with Crippen LogP contribution >= 0.6 is 0 Å². The lowest BCUT2D eigenvalue weighted by molar-refractivity contribution is -0.0715. The van der Waals surface area contributed by atoms with Crippen LogP contribution in [0.1, 0.15) is 41.5 Å². The van der Waals surface area contributed by atoms with Crippen molar-refractivity contribution in [2.75, 3.05) is 13.2 Å². The summed E-state index contributed by atoms with van der Waals surface area (Å²) in [5.74, 6) is -0.345. The van der Waals surface area contributed by atoms with Gasteiger partial charge in [-0.1, -0.05) is 6.92 Å². The molecule has 0 aromatic rings. The van der Waals surface area contributed by atoms with Crippen LogP contribution in [-0.2, 0) is 9.47 Å². The van der Waals surface area contributed by atoms with Gasteiger partial charge in [0, 0.05) is 12.5 Å². The van der Waals surface area contributed by atoms with E-state index in [2.05, 4.69) is 0 Å². The second kappa shape index (κ2) is 5.87. The van der Waals surface area contributed by atoms with Gasteiger partial charge < -0.3 is 19.7 Å². The van der Waals surface area contributed by atoms with E-state index in [1.807, 2.05) is 0 Å². The molecular formula is C14H27NO5. The van der Waals surface area contributed by atoms with E-state index in [1.54, 1.807) is 41.5 Å². The van der Waals surface area contributed by atoms with Gasteiger partial charge in [0.15, 0.2) is 0 Å². The predicted octanol–water partition coefficient (Wildman–Crippen LogP) is 1.35. The summed E-state index contributed by atoms with van der Waals surface area (Å²) in [6.07, 6.45) is -1.39. The van der Waals surface area contributed by atoms with Crippen molar-refractivity contribution in [3.63, 3.8) is 0 Å². The molecule has 6 nitrogen and oxygen atoms in total. The minimum absolute atomic E-state index is 0.153. The van der Waals surface area contributed by atoms with Gasteiger partial charge in [-0.15, -0.1) is 0 Å². The Bertz CT molecular complexity index is 350. The highest BCUT2D eigenvalue weighted by atomic mass is 16.6. The fourth-order valence-electron chi connectivity index (χ4n) is 2.24. The van der Waals surface area contributed by atoms with Crippen LogP contribution in [0.5, 0.6) is 0 Å². The van der Waals surface area contributed by atoms with Crippen molar-refractivity contribution >= 4 is 6.09 Å². The number of ether oxygens (including phenoxy) is 2. The van der Waals surface area contributed by atoms with Crippen LogP contribution in [0.2, 0.25) is 0 Å². The molecule has 3 atom stereocenters. The molecule has 0 aliphatic carbocycles. The molecule has 20 heavy (non-hydrogen) atoms. The number of hydrogen-bond donors (Lipinski definition) is 2. The zero-order valence-corrected chi connectivity index (χ0v) is 13.2. The summed E-state index contributed by atoms with van der Waals surface area (Å²) in [5.41, 5.74) is -1.46. The molecule has 6 heteroatoms. The molecule has 118 valence electrons. The summed E-state index contributed by atoms with van der Waals surface area (Å²) in [7, 11) is 0. The molecule has 0 unspecified atom stereocenters. The zero-order chi connectivity index (χ0) is 15.7. The van der Waals surface area contributed by atoms with Crippen LogP contribution in [0.4, 0.5) is 4.79 Å². The molecule has 0 saturated carbocycles. The number of nitrogens with zero attached hydrogens (tertiary/aromatic N) is 1. The molecule has 1 heterocycles. The van der Waals surface area contributed by atoms with Crippen molar-refractivity contribution < 1.29 is 24.5 Å². The molecule has 1 aliphatic heterocycles. The maximum atomic E-state index is 12.4. The third-order valence-corrected chi connectivity index (χ3v) is 3.37. The van der Waals surface area contributed by atoms with Crippen molar-refractivity contribution in [1.29, 1.82) is 0 Å². The summed E-state index contributed by atoms with van der Waals surface area (Å²) < 4.78 is 11.0. The maximum Gasteiger partial charge on any atom is 0.412 e. The standard InChI is InChI=1S/C14H27NO5/c1-9(7-16)11(17)10-8-19-14(5,6)15(10)12(18)20-13(2,3)4/h9-11,16-17H,7-8H2,1-6H3/t9-,10+,11-/m0/s1. The number of carbonyl (C=O) groups excluding carboxylic acids is 1. The van der Waals surface area contributed by atoms with Gasteiger partial charge in [-0.05, 0) is 34.6 Å². The minimum Gasteiger partial charge on any atom is -0.444 e. The number of hydrogen-bond acceptors (Lipinski definition) is 5. The Morgan fingerprint density at radius 3 is 2.50 bits per heavy atom. The van der Waals surface area contributed by atoms with Crippen LogP contribution in [-0.4, -0.2) is 57.9 Å². The Hall–Kier alpha value is -0.850. The highest BCUT2D eigenvalue weighted by molar-refractivity contribution is 5.69. The Morgan fingerprint density at radius 2 is 2.05 bits per heavy atom. The van der Waals surface area contributed by atoms with Gasteiger partial charge in [0.2, 0.25) is 0 Å². The molecule has 2 N–H and O–H groups in total. The van der Waals surface area contributed by atoms with Crippen LogP contribution < -0.4 is 0 Å². The van der Waals surface area contributed by atoms with Gasteiger partial charge in [0.05, 0.1) is 18.8 Å². The first kappa shape index (κ1) is 17.2. The minimum atomic E-state index is -0.866. The highest BCUT2D eigenvalue weighted by Crippen LogP contribution is 2.32. The number of amides is 1. The van der Waals surface area contributed by atoms with Crippen molar-refractivity contribution in [2.45, 2.75) is 65.0 Å². The highest BCUT2D eigenvalue weighted by Gasteiger charge is 2.49. The van der Waals surface area contributed by atoms with E-state index in [9.17, 15) is 15.0 Å². The van der Waals surface area contributed by atoms with E-state index < -0.39 is 29.6 Å². The van der Waals surface area contributed by atoms with Crippen molar-refractivity contribution in [3.05, 3.63) is 0 Å². The lowest BCUT2D eigenvalue weighted by atomic mass is 9.98. The summed E-state index contributed by atoms with van der Waals surface area (Å²) in [5, 5.41) is 19.4. The Kier molecular flexibility index (Phi) is 5.05. The lowest BCUT2D eigenvalue weighted by Gasteiger charge is -2.37. The number of aliphatic hydroxyl groups excluding tert-OH is 2. The lowest BCUT2D eigenvalue weighted by Crippen LogP contribution is -2.54.